The molecule has 0 unspecified atom stereocenters. The average molecular weight is 277 g/mol. The van der Waals surface area contributed by atoms with Crippen LogP contribution >= 0.6 is 0 Å². The SMILES string of the molecule is CC(C)(C)c1cccc(-c2cnc3ccccc3n2)c1N. The molecule has 3 rings (SSSR count). The van der Waals surface area contributed by atoms with E-state index in [0.29, 0.717) is 0 Å². The van der Waals surface area contributed by atoms with Gasteiger partial charge >= 0.3 is 0 Å². The van der Waals surface area contributed by atoms with Gasteiger partial charge in [0, 0.05) is 11.3 Å². The molecule has 0 saturated carbocycles. The van der Waals surface area contributed by atoms with Gasteiger partial charge in [0.25, 0.3) is 0 Å². The van der Waals surface area contributed by atoms with Gasteiger partial charge in [-0.3, -0.25) is 4.98 Å². The first kappa shape index (κ1) is 13.6. The van der Waals surface area contributed by atoms with E-state index in [1.165, 1.54) is 0 Å². The van der Waals surface area contributed by atoms with E-state index in [4.69, 9.17) is 5.73 Å². The molecule has 21 heavy (non-hydrogen) atoms. The molecule has 1 heterocycles. The average Bonchev–Trinajstić information content (AvgIpc) is 2.46. The second kappa shape index (κ2) is 4.85. The standard InChI is InChI=1S/C18H19N3/c1-18(2,3)13-8-6-7-12(17(13)19)16-11-20-14-9-4-5-10-15(14)21-16/h4-11H,19H2,1-3H3. The monoisotopic (exact) mass is 277 g/mol. The van der Waals surface area contributed by atoms with E-state index >= 15 is 0 Å². The molecule has 2 N–H and O–H groups in total. The lowest BCUT2D eigenvalue weighted by molar-refractivity contribution is 0.593. The molecule has 0 atom stereocenters. The molecule has 3 nitrogen and oxygen atoms in total. The zero-order valence-corrected chi connectivity index (χ0v) is 12.6. The second-order valence-electron chi connectivity index (χ2n) is 6.26. The summed E-state index contributed by atoms with van der Waals surface area (Å²) in [6, 6.07) is 14.0. The van der Waals surface area contributed by atoms with E-state index in [9.17, 15) is 0 Å². The second-order valence-corrected chi connectivity index (χ2v) is 6.26. The lowest BCUT2D eigenvalue weighted by Crippen LogP contribution is -2.14. The molecule has 0 aliphatic heterocycles. The summed E-state index contributed by atoms with van der Waals surface area (Å²) in [5.74, 6) is 0. The molecule has 3 heteroatoms. The Morgan fingerprint density at radius 1 is 0.905 bits per heavy atom. The third-order valence-electron chi connectivity index (χ3n) is 3.64. The van der Waals surface area contributed by atoms with Gasteiger partial charge in [-0.1, -0.05) is 51.1 Å². The maximum atomic E-state index is 6.38. The predicted octanol–water partition coefficient (Wildman–Crippen LogP) is 4.18. The van der Waals surface area contributed by atoms with E-state index in [1.54, 1.807) is 6.20 Å². The largest absolute Gasteiger partial charge is 0.398 e. The third-order valence-corrected chi connectivity index (χ3v) is 3.64. The minimum Gasteiger partial charge on any atom is -0.398 e. The summed E-state index contributed by atoms with van der Waals surface area (Å²) in [7, 11) is 0. The first-order valence-electron chi connectivity index (χ1n) is 7.08. The summed E-state index contributed by atoms with van der Waals surface area (Å²) >= 11 is 0. The third kappa shape index (κ3) is 2.47. The number of nitrogens with zero attached hydrogens (tertiary/aromatic N) is 2. The zero-order chi connectivity index (χ0) is 15.0. The predicted molar refractivity (Wildman–Crippen MR) is 88.1 cm³/mol. The minimum absolute atomic E-state index is 0.00434. The molecule has 1 aromatic heterocycles. The summed E-state index contributed by atoms with van der Waals surface area (Å²) in [5.41, 5.74) is 11.8. The Morgan fingerprint density at radius 2 is 1.62 bits per heavy atom. The Kier molecular flexibility index (Phi) is 3.13. The number of fused-ring (bicyclic) bond motifs is 1. The fourth-order valence-corrected chi connectivity index (χ4v) is 2.53. The van der Waals surface area contributed by atoms with E-state index in [0.717, 1.165) is 33.5 Å². The Labute approximate surface area is 124 Å². The van der Waals surface area contributed by atoms with Crippen LogP contribution in [-0.2, 0) is 5.41 Å². The molecular weight excluding hydrogens is 258 g/mol. The first-order chi connectivity index (χ1) is 9.97. The van der Waals surface area contributed by atoms with Crippen molar-refractivity contribution in [1.29, 1.82) is 0 Å². The molecular formula is C18H19N3. The highest BCUT2D eigenvalue weighted by Gasteiger charge is 2.19. The van der Waals surface area contributed by atoms with Crippen LogP contribution in [0.2, 0.25) is 0 Å². The molecule has 0 fully saturated rings. The lowest BCUT2D eigenvalue weighted by Gasteiger charge is -2.22. The number of nitrogens with two attached hydrogens (primary N) is 1. The van der Waals surface area contributed by atoms with Crippen molar-refractivity contribution in [2.75, 3.05) is 5.73 Å². The molecule has 106 valence electrons. The number of aromatic nitrogens is 2. The summed E-state index contributed by atoms with van der Waals surface area (Å²) < 4.78 is 0. The van der Waals surface area contributed by atoms with Crippen molar-refractivity contribution in [3.05, 3.63) is 54.2 Å². The fourth-order valence-electron chi connectivity index (χ4n) is 2.53. The highest BCUT2D eigenvalue weighted by molar-refractivity contribution is 5.81. The van der Waals surface area contributed by atoms with Crippen LogP contribution in [0.15, 0.2) is 48.7 Å². The van der Waals surface area contributed by atoms with E-state index in [-0.39, 0.29) is 5.41 Å². The topological polar surface area (TPSA) is 51.8 Å². The van der Waals surface area contributed by atoms with Crippen molar-refractivity contribution >= 4 is 16.7 Å². The van der Waals surface area contributed by atoms with Crippen LogP contribution in [0.1, 0.15) is 26.3 Å². The Balaban J connectivity index is 2.19. The number of para-hydroxylation sites is 3. The molecule has 2 aromatic carbocycles. The first-order valence-corrected chi connectivity index (χ1v) is 7.08. The van der Waals surface area contributed by atoms with Crippen molar-refractivity contribution in [3.8, 4) is 11.3 Å². The van der Waals surface area contributed by atoms with Crippen LogP contribution in [0.3, 0.4) is 0 Å². The number of hydrogen-bond acceptors (Lipinski definition) is 3. The van der Waals surface area contributed by atoms with E-state index in [2.05, 4.69) is 36.8 Å². The molecule has 0 saturated heterocycles. The molecule has 0 bridgehead atoms. The van der Waals surface area contributed by atoms with Crippen LogP contribution in [0.4, 0.5) is 5.69 Å². The fraction of sp³-hybridized carbons (Fsp3) is 0.222. The molecule has 0 amide bonds. The zero-order valence-electron chi connectivity index (χ0n) is 12.6. The molecule has 0 aliphatic rings. The highest BCUT2D eigenvalue weighted by Crippen LogP contribution is 2.34. The van der Waals surface area contributed by atoms with Crippen LogP contribution in [-0.4, -0.2) is 9.97 Å². The van der Waals surface area contributed by atoms with Crippen LogP contribution in [0, 0.1) is 0 Å². The van der Waals surface area contributed by atoms with Crippen molar-refractivity contribution < 1.29 is 0 Å². The van der Waals surface area contributed by atoms with Gasteiger partial charge in [-0.2, -0.15) is 0 Å². The normalized spacial score (nSPS) is 11.8. The van der Waals surface area contributed by atoms with Gasteiger partial charge in [0.05, 0.1) is 22.9 Å². The Morgan fingerprint density at radius 3 is 2.33 bits per heavy atom. The number of rotatable bonds is 1. The van der Waals surface area contributed by atoms with Crippen LogP contribution in [0.25, 0.3) is 22.3 Å². The molecule has 0 spiro atoms. The number of benzene rings is 2. The van der Waals surface area contributed by atoms with Gasteiger partial charge in [-0.25, -0.2) is 4.98 Å². The maximum Gasteiger partial charge on any atom is 0.0913 e. The summed E-state index contributed by atoms with van der Waals surface area (Å²) in [4.78, 5) is 9.16. The van der Waals surface area contributed by atoms with E-state index in [1.807, 2.05) is 36.4 Å². The Bertz CT molecular complexity index is 801. The Hall–Kier alpha value is -2.42. The van der Waals surface area contributed by atoms with Crippen molar-refractivity contribution in [1.82, 2.24) is 9.97 Å². The van der Waals surface area contributed by atoms with Gasteiger partial charge < -0.3 is 5.73 Å². The van der Waals surface area contributed by atoms with E-state index < -0.39 is 0 Å². The van der Waals surface area contributed by atoms with Crippen LogP contribution < -0.4 is 5.73 Å². The van der Waals surface area contributed by atoms with Gasteiger partial charge in [0.1, 0.15) is 0 Å². The van der Waals surface area contributed by atoms with Crippen molar-refractivity contribution in [3.63, 3.8) is 0 Å². The molecule has 0 radical (unpaired) electrons. The van der Waals surface area contributed by atoms with Crippen molar-refractivity contribution in [2.24, 2.45) is 0 Å². The summed E-state index contributed by atoms with van der Waals surface area (Å²) in [6.45, 7) is 6.48. The summed E-state index contributed by atoms with van der Waals surface area (Å²) in [6.07, 6.45) is 1.79. The smallest absolute Gasteiger partial charge is 0.0913 e. The van der Waals surface area contributed by atoms with Gasteiger partial charge in [-0.15, -0.1) is 0 Å². The number of hydrogen-bond donors (Lipinski definition) is 1. The van der Waals surface area contributed by atoms with Gasteiger partial charge in [0.15, 0.2) is 0 Å². The lowest BCUT2D eigenvalue weighted by atomic mass is 9.84. The summed E-state index contributed by atoms with van der Waals surface area (Å²) in [5, 5.41) is 0. The highest BCUT2D eigenvalue weighted by atomic mass is 14.8. The molecule has 0 aliphatic carbocycles. The number of anilines is 1. The van der Waals surface area contributed by atoms with Crippen LogP contribution in [0.5, 0.6) is 0 Å². The number of nitrogen functional groups attached to an aromatic ring is 1. The van der Waals surface area contributed by atoms with Crippen molar-refractivity contribution in [2.45, 2.75) is 26.2 Å². The van der Waals surface area contributed by atoms with Gasteiger partial charge in [-0.05, 0) is 23.1 Å². The quantitative estimate of drug-likeness (QED) is 0.679. The maximum absolute atomic E-state index is 6.38. The minimum atomic E-state index is 0.00434. The van der Waals surface area contributed by atoms with Gasteiger partial charge in [0.2, 0.25) is 0 Å². The molecule has 3 aromatic rings.